The average molecular weight is 235 g/mol. The first kappa shape index (κ1) is 13.2. The lowest BCUT2D eigenvalue weighted by molar-refractivity contribution is -0.116. The molecular weight excluding hydrogens is 218 g/mol. The molecular formula is C12H17N3O2. The van der Waals surface area contributed by atoms with Gasteiger partial charge in [0.25, 0.3) is 5.91 Å². The lowest BCUT2D eigenvalue weighted by Crippen LogP contribution is -2.24. The normalized spacial score (nSPS) is 9.82. The molecule has 1 rings (SSSR count). The zero-order chi connectivity index (χ0) is 12.8. The third-order valence-electron chi connectivity index (χ3n) is 2.21. The molecule has 0 spiro atoms. The van der Waals surface area contributed by atoms with Crippen molar-refractivity contribution in [1.82, 2.24) is 4.90 Å². The van der Waals surface area contributed by atoms with Crippen LogP contribution < -0.4 is 11.1 Å². The highest BCUT2D eigenvalue weighted by Gasteiger charge is 2.13. The highest BCUT2D eigenvalue weighted by molar-refractivity contribution is 6.03. The summed E-state index contributed by atoms with van der Waals surface area (Å²) in [5.74, 6) is -0.333. The van der Waals surface area contributed by atoms with Gasteiger partial charge in [0.1, 0.15) is 0 Å². The molecule has 0 heterocycles. The van der Waals surface area contributed by atoms with Crippen LogP contribution in [0.3, 0.4) is 0 Å². The van der Waals surface area contributed by atoms with Crippen molar-refractivity contribution < 1.29 is 9.59 Å². The summed E-state index contributed by atoms with van der Waals surface area (Å²) in [6.07, 6.45) is 0.241. The van der Waals surface area contributed by atoms with Gasteiger partial charge in [0, 0.05) is 27.1 Å². The summed E-state index contributed by atoms with van der Waals surface area (Å²) in [5.41, 5.74) is 6.29. The number of anilines is 1. The van der Waals surface area contributed by atoms with Crippen LogP contribution in [0.2, 0.25) is 0 Å². The highest BCUT2D eigenvalue weighted by Crippen LogP contribution is 2.16. The molecule has 1 aromatic carbocycles. The van der Waals surface area contributed by atoms with E-state index in [-0.39, 0.29) is 24.8 Å². The van der Waals surface area contributed by atoms with Crippen molar-refractivity contribution in [2.45, 2.75) is 6.42 Å². The second kappa shape index (κ2) is 6.00. The first-order valence-electron chi connectivity index (χ1n) is 5.37. The maximum atomic E-state index is 11.9. The van der Waals surface area contributed by atoms with E-state index in [2.05, 4.69) is 5.32 Å². The molecule has 0 aliphatic rings. The molecule has 0 fully saturated rings. The molecule has 17 heavy (non-hydrogen) atoms. The Balaban J connectivity index is 2.92. The van der Waals surface area contributed by atoms with E-state index < -0.39 is 0 Å². The van der Waals surface area contributed by atoms with Crippen molar-refractivity contribution in [2.75, 3.05) is 26.0 Å². The number of rotatable bonds is 4. The van der Waals surface area contributed by atoms with Gasteiger partial charge in [-0.3, -0.25) is 9.59 Å². The minimum Gasteiger partial charge on any atom is -0.345 e. The van der Waals surface area contributed by atoms with E-state index in [1.165, 1.54) is 4.90 Å². The molecule has 0 aromatic heterocycles. The topological polar surface area (TPSA) is 75.4 Å². The van der Waals surface area contributed by atoms with Crippen LogP contribution in [0.15, 0.2) is 24.3 Å². The Labute approximate surface area is 101 Å². The molecule has 3 N–H and O–H groups in total. The molecule has 0 aliphatic carbocycles. The van der Waals surface area contributed by atoms with E-state index in [4.69, 9.17) is 5.73 Å². The smallest absolute Gasteiger partial charge is 0.255 e. The number of carbonyl (C=O) groups is 2. The molecule has 0 atom stereocenters. The summed E-state index contributed by atoms with van der Waals surface area (Å²) in [7, 11) is 3.33. The van der Waals surface area contributed by atoms with Crippen molar-refractivity contribution >= 4 is 17.5 Å². The number of hydrogen-bond donors (Lipinski definition) is 2. The predicted molar refractivity (Wildman–Crippen MR) is 66.8 cm³/mol. The molecule has 0 unspecified atom stereocenters. The number of nitrogens with zero attached hydrogens (tertiary/aromatic N) is 1. The zero-order valence-corrected chi connectivity index (χ0v) is 10.1. The summed E-state index contributed by atoms with van der Waals surface area (Å²) >= 11 is 0. The van der Waals surface area contributed by atoms with E-state index in [0.29, 0.717) is 11.3 Å². The van der Waals surface area contributed by atoms with E-state index in [1.807, 2.05) is 0 Å². The fourth-order valence-corrected chi connectivity index (χ4v) is 1.36. The minimum absolute atomic E-state index is 0.145. The molecule has 0 saturated heterocycles. The average Bonchev–Trinajstić information content (AvgIpc) is 2.29. The van der Waals surface area contributed by atoms with Crippen LogP contribution in [0.25, 0.3) is 0 Å². The van der Waals surface area contributed by atoms with Gasteiger partial charge in [-0.05, 0) is 12.1 Å². The van der Waals surface area contributed by atoms with Gasteiger partial charge in [0.15, 0.2) is 0 Å². The van der Waals surface area contributed by atoms with Crippen LogP contribution >= 0.6 is 0 Å². The lowest BCUT2D eigenvalue weighted by atomic mass is 10.1. The van der Waals surface area contributed by atoms with E-state index in [9.17, 15) is 9.59 Å². The third kappa shape index (κ3) is 3.57. The van der Waals surface area contributed by atoms with Gasteiger partial charge in [-0.2, -0.15) is 0 Å². The zero-order valence-electron chi connectivity index (χ0n) is 10.1. The van der Waals surface area contributed by atoms with Crippen LogP contribution in [0.1, 0.15) is 16.8 Å². The predicted octanol–water partition coefficient (Wildman–Crippen LogP) is 0.676. The molecule has 0 saturated carbocycles. The van der Waals surface area contributed by atoms with E-state index >= 15 is 0 Å². The monoisotopic (exact) mass is 235 g/mol. The number of amides is 2. The van der Waals surface area contributed by atoms with Crippen molar-refractivity contribution in [1.29, 1.82) is 0 Å². The molecule has 1 aromatic rings. The van der Waals surface area contributed by atoms with Crippen molar-refractivity contribution in [3.63, 3.8) is 0 Å². The largest absolute Gasteiger partial charge is 0.345 e. The number of nitrogens with two attached hydrogens (primary N) is 1. The molecule has 5 nitrogen and oxygen atoms in total. The minimum atomic E-state index is -0.188. The second-order valence-electron chi connectivity index (χ2n) is 3.83. The molecule has 0 bridgehead atoms. The molecule has 2 amide bonds. The Kier molecular flexibility index (Phi) is 4.66. The van der Waals surface area contributed by atoms with Crippen molar-refractivity contribution in [3.05, 3.63) is 29.8 Å². The van der Waals surface area contributed by atoms with Gasteiger partial charge in [-0.15, -0.1) is 0 Å². The molecule has 92 valence electrons. The van der Waals surface area contributed by atoms with E-state index in [1.54, 1.807) is 38.4 Å². The fourth-order valence-electron chi connectivity index (χ4n) is 1.36. The fraction of sp³-hybridized carbons (Fsp3) is 0.333. The summed E-state index contributed by atoms with van der Waals surface area (Å²) in [5, 5.41) is 2.68. The van der Waals surface area contributed by atoms with Crippen LogP contribution in [0, 0.1) is 0 Å². The van der Waals surface area contributed by atoms with Crippen LogP contribution in [0.5, 0.6) is 0 Å². The van der Waals surface area contributed by atoms with Gasteiger partial charge in [0.05, 0.1) is 11.3 Å². The summed E-state index contributed by atoms with van der Waals surface area (Å²) in [4.78, 5) is 24.8. The Bertz CT molecular complexity index is 416. The molecule has 5 heteroatoms. The quantitative estimate of drug-likeness (QED) is 0.805. The number of nitrogens with one attached hydrogen (secondary N) is 1. The molecule has 0 aliphatic heterocycles. The summed E-state index contributed by atoms with van der Waals surface area (Å²) in [6, 6.07) is 6.91. The number of benzene rings is 1. The summed E-state index contributed by atoms with van der Waals surface area (Å²) < 4.78 is 0. The van der Waals surface area contributed by atoms with Crippen molar-refractivity contribution in [2.24, 2.45) is 5.73 Å². The van der Waals surface area contributed by atoms with Crippen LogP contribution in [-0.4, -0.2) is 37.4 Å². The highest BCUT2D eigenvalue weighted by atomic mass is 16.2. The number of carbonyl (C=O) groups excluding carboxylic acids is 2. The summed E-state index contributed by atoms with van der Waals surface area (Å²) in [6.45, 7) is 0.287. The maximum Gasteiger partial charge on any atom is 0.255 e. The molecule has 0 radical (unpaired) electrons. The Hall–Kier alpha value is -1.88. The Morgan fingerprint density at radius 1 is 1.29 bits per heavy atom. The van der Waals surface area contributed by atoms with Gasteiger partial charge in [-0.25, -0.2) is 0 Å². The maximum absolute atomic E-state index is 11.9. The number of para-hydroxylation sites is 1. The standard InChI is InChI=1S/C12H17N3O2/c1-15(2)12(17)9-5-3-4-6-10(9)14-11(16)7-8-13/h3-6H,7-8,13H2,1-2H3,(H,14,16). The Morgan fingerprint density at radius 2 is 1.94 bits per heavy atom. The van der Waals surface area contributed by atoms with Gasteiger partial charge in [-0.1, -0.05) is 12.1 Å². The van der Waals surface area contributed by atoms with Gasteiger partial charge < -0.3 is 16.0 Å². The second-order valence-corrected chi connectivity index (χ2v) is 3.83. The first-order chi connectivity index (χ1) is 8.06. The van der Waals surface area contributed by atoms with Gasteiger partial charge in [0.2, 0.25) is 5.91 Å². The van der Waals surface area contributed by atoms with Gasteiger partial charge >= 0.3 is 0 Å². The first-order valence-corrected chi connectivity index (χ1v) is 5.37. The van der Waals surface area contributed by atoms with Crippen molar-refractivity contribution in [3.8, 4) is 0 Å². The third-order valence-corrected chi connectivity index (χ3v) is 2.21. The van der Waals surface area contributed by atoms with Crippen LogP contribution in [0.4, 0.5) is 5.69 Å². The Morgan fingerprint density at radius 3 is 2.53 bits per heavy atom. The number of hydrogen-bond acceptors (Lipinski definition) is 3. The van der Waals surface area contributed by atoms with E-state index in [0.717, 1.165) is 0 Å². The SMILES string of the molecule is CN(C)C(=O)c1ccccc1NC(=O)CCN. The van der Waals surface area contributed by atoms with Crippen LogP contribution in [-0.2, 0) is 4.79 Å². The lowest BCUT2D eigenvalue weighted by Gasteiger charge is -2.14.